The number of oxazole rings is 1. The predicted molar refractivity (Wildman–Crippen MR) is 45.3 cm³/mol. The zero-order valence-corrected chi connectivity index (χ0v) is 6.94. The number of methoxy groups -OCH3 is 1. The van der Waals surface area contributed by atoms with Crippen LogP contribution < -0.4 is 4.74 Å². The van der Waals surface area contributed by atoms with Crippen LogP contribution in [0, 0.1) is 11.3 Å². The van der Waals surface area contributed by atoms with Crippen LogP contribution in [0.5, 0.6) is 5.75 Å². The monoisotopic (exact) mass is 174 g/mol. The van der Waals surface area contributed by atoms with Gasteiger partial charge >= 0.3 is 5.89 Å². The lowest BCUT2D eigenvalue weighted by atomic mass is 10.3. The van der Waals surface area contributed by atoms with E-state index < -0.39 is 0 Å². The lowest BCUT2D eigenvalue weighted by Gasteiger charge is -1.96. The first-order valence-corrected chi connectivity index (χ1v) is 3.69. The molecule has 0 saturated carbocycles. The summed E-state index contributed by atoms with van der Waals surface area (Å²) in [5, 5.41) is 8.56. The van der Waals surface area contributed by atoms with Crippen molar-refractivity contribution in [3.63, 3.8) is 0 Å². The van der Waals surface area contributed by atoms with Crippen LogP contribution in [-0.4, -0.2) is 12.1 Å². The summed E-state index contributed by atoms with van der Waals surface area (Å²) < 4.78 is 10.2. The molecule has 0 aliphatic carbocycles. The van der Waals surface area contributed by atoms with Gasteiger partial charge in [0.25, 0.3) is 0 Å². The van der Waals surface area contributed by atoms with Gasteiger partial charge in [-0.3, -0.25) is 0 Å². The van der Waals surface area contributed by atoms with E-state index in [0.717, 1.165) is 0 Å². The van der Waals surface area contributed by atoms with Gasteiger partial charge in [0.2, 0.25) is 0 Å². The number of ether oxygens (including phenoxy) is 1. The molecule has 2 rings (SSSR count). The van der Waals surface area contributed by atoms with Crippen molar-refractivity contribution < 1.29 is 9.15 Å². The minimum Gasteiger partial charge on any atom is -0.493 e. The van der Waals surface area contributed by atoms with Gasteiger partial charge in [0.05, 0.1) is 7.11 Å². The van der Waals surface area contributed by atoms with Crippen molar-refractivity contribution in [3.8, 4) is 11.8 Å². The number of hydrogen-bond donors (Lipinski definition) is 0. The van der Waals surface area contributed by atoms with E-state index in [0.29, 0.717) is 16.8 Å². The Bertz CT molecular complexity index is 482. The molecule has 0 saturated heterocycles. The van der Waals surface area contributed by atoms with E-state index in [1.165, 1.54) is 0 Å². The third-order valence-electron chi connectivity index (χ3n) is 1.69. The van der Waals surface area contributed by atoms with Crippen LogP contribution in [0.4, 0.5) is 0 Å². The third-order valence-corrected chi connectivity index (χ3v) is 1.69. The fourth-order valence-electron chi connectivity index (χ4n) is 1.13. The maximum atomic E-state index is 8.56. The Morgan fingerprint density at radius 3 is 3.08 bits per heavy atom. The van der Waals surface area contributed by atoms with Crippen LogP contribution in [0.1, 0.15) is 5.89 Å². The van der Waals surface area contributed by atoms with Gasteiger partial charge in [0.1, 0.15) is 5.52 Å². The Balaban J connectivity index is 2.76. The minimum atomic E-state index is 0.0551. The molecular formula is C9H6N2O2. The topological polar surface area (TPSA) is 59.0 Å². The molecule has 0 atom stereocenters. The molecule has 13 heavy (non-hydrogen) atoms. The maximum absolute atomic E-state index is 8.56. The summed E-state index contributed by atoms with van der Waals surface area (Å²) in [6.07, 6.45) is 0. The van der Waals surface area contributed by atoms with Crippen molar-refractivity contribution in [2.75, 3.05) is 7.11 Å². The molecule has 0 fully saturated rings. The SMILES string of the molecule is COc1cccc2nc(C#N)oc12. The second kappa shape index (κ2) is 2.79. The van der Waals surface area contributed by atoms with Crippen molar-refractivity contribution in [1.29, 1.82) is 5.26 Å². The third kappa shape index (κ3) is 1.11. The lowest BCUT2D eigenvalue weighted by Crippen LogP contribution is -1.81. The van der Waals surface area contributed by atoms with Gasteiger partial charge in [-0.05, 0) is 12.1 Å². The van der Waals surface area contributed by atoms with Crippen LogP contribution >= 0.6 is 0 Å². The smallest absolute Gasteiger partial charge is 0.301 e. The first-order chi connectivity index (χ1) is 6.35. The van der Waals surface area contributed by atoms with Crippen LogP contribution in [0.3, 0.4) is 0 Å². The minimum absolute atomic E-state index is 0.0551. The number of hydrogen-bond acceptors (Lipinski definition) is 4. The van der Waals surface area contributed by atoms with Crippen LogP contribution in [-0.2, 0) is 0 Å². The molecule has 4 heteroatoms. The molecule has 0 spiro atoms. The highest BCUT2D eigenvalue weighted by Crippen LogP contribution is 2.25. The average molecular weight is 174 g/mol. The number of fused-ring (bicyclic) bond motifs is 1. The maximum Gasteiger partial charge on any atom is 0.301 e. The zero-order chi connectivity index (χ0) is 9.26. The molecule has 1 aromatic heterocycles. The van der Waals surface area contributed by atoms with Crippen molar-refractivity contribution in [2.24, 2.45) is 0 Å². The summed E-state index contributed by atoms with van der Waals surface area (Å²) in [4.78, 5) is 3.93. The fourth-order valence-corrected chi connectivity index (χ4v) is 1.13. The normalized spacial score (nSPS) is 9.85. The van der Waals surface area contributed by atoms with Gasteiger partial charge in [-0.15, -0.1) is 0 Å². The standard InChI is InChI=1S/C9H6N2O2/c1-12-7-4-2-3-6-9(7)13-8(5-10)11-6/h2-4H,1H3. The summed E-state index contributed by atoms with van der Waals surface area (Å²) in [5.74, 6) is 0.644. The molecule has 0 N–H and O–H groups in total. The van der Waals surface area contributed by atoms with E-state index in [9.17, 15) is 0 Å². The summed E-state index contributed by atoms with van der Waals surface area (Å²) in [6, 6.07) is 7.16. The number of rotatable bonds is 1. The molecule has 64 valence electrons. The first-order valence-electron chi connectivity index (χ1n) is 3.69. The average Bonchev–Trinajstić information content (AvgIpc) is 2.59. The molecule has 0 radical (unpaired) electrons. The van der Waals surface area contributed by atoms with Crippen LogP contribution in [0.15, 0.2) is 22.6 Å². The van der Waals surface area contributed by atoms with Crippen molar-refractivity contribution in [3.05, 3.63) is 24.1 Å². The van der Waals surface area contributed by atoms with Crippen molar-refractivity contribution in [2.45, 2.75) is 0 Å². The second-order valence-electron chi connectivity index (χ2n) is 2.44. The van der Waals surface area contributed by atoms with E-state index in [4.69, 9.17) is 14.4 Å². The van der Waals surface area contributed by atoms with Crippen LogP contribution in [0.2, 0.25) is 0 Å². The van der Waals surface area contributed by atoms with Gasteiger partial charge < -0.3 is 9.15 Å². The Morgan fingerprint density at radius 1 is 1.54 bits per heavy atom. The Hall–Kier alpha value is -2.02. The van der Waals surface area contributed by atoms with Crippen molar-refractivity contribution in [1.82, 2.24) is 4.98 Å². The highest BCUT2D eigenvalue weighted by molar-refractivity contribution is 5.79. The van der Waals surface area contributed by atoms with Crippen LogP contribution in [0.25, 0.3) is 11.1 Å². The molecule has 0 amide bonds. The molecule has 0 bridgehead atoms. The fraction of sp³-hybridized carbons (Fsp3) is 0.111. The molecule has 0 unspecified atom stereocenters. The Labute approximate surface area is 74.4 Å². The number of para-hydroxylation sites is 1. The van der Waals surface area contributed by atoms with Gasteiger partial charge in [-0.1, -0.05) is 6.07 Å². The summed E-state index contributed by atoms with van der Waals surface area (Å²) in [6.45, 7) is 0. The van der Waals surface area contributed by atoms with Gasteiger partial charge in [-0.2, -0.15) is 10.2 Å². The zero-order valence-electron chi connectivity index (χ0n) is 6.94. The van der Waals surface area contributed by atoms with Gasteiger partial charge in [0, 0.05) is 0 Å². The lowest BCUT2D eigenvalue weighted by molar-refractivity contribution is 0.409. The number of nitriles is 1. The molecule has 2 aromatic rings. The number of benzene rings is 1. The Morgan fingerprint density at radius 2 is 2.38 bits per heavy atom. The summed E-state index contributed by atoms with van der Waals surface area (Å²) in [7, 11) is 1.54. The van der Waals surface area contributed by atoms with E-state index in [1.807, 2.05) is 6.07 Å². The number of aromatic nitrogens is 1. The molecule has 4 nitrogen and oxygen atoms in total. The highest BCUT2D eigenvalue weighted by Gasteiger charge is 2.08. The molecule has 1 heterocycles. The highest BCUT2D eigenvalue weighted by atomic mass is 16.5. The second-order valence-corrected chi connectivity index (χ2v) is 2.44. The summed E-state index contributed by atoms with van der Waals surface area (Å²) >= 11 is 0. The van der Waals surface area contributed by atoms with Gasteiger partial charge in [0.15, 0.2) is 17.4 Å². The van der Waals surface area contributed by atoms with E-state index >= 15 is 0 Å². The van der Waals surface area contributed by atoms with E-state index in [1.54, 1.807) is 25.3 Å². The quantitative estimate of drug-likeness (QED) is 0.660. The largest absolute Gasteiger partial charge is 0.493 e. The molecule has 0 aliphatic heterocycles. The summed E-state index contributed by atoms with van der Waals surface area (Å²) in [5.41, 5.74) is 1.15. The molecular weight excluding hydrogens is 168 g/mol. The molecule has 1 aromatic carbocycles. The van der Waals surface area contributed by atoms with E-state index in [2.05, 4.69) is 4.98 Å². The van der Waals surface area contributed by atoms with Gasteiger partial charge in [-0.25, -0.2) is 0 Å². The Kier molecular flexibility index (Phi) is 1.64. The van der Waals surface area contributed by atoms with Crippen molar-refractivity contribution >= 4 is 11.1 Å². The van der Waals surface area contributed by atoms with E-state index in [-0.39, 0.29) is 5.89 Å². The first kappa shape index (κ1) is 7.62. The number of nitrogens with zero attached hydrogens (tertiary/aromatic N) is 2. The predicted octanol–water partition coefficient (Wildman–Crippen LogP) is 1.71. The molecule has 0 aliphatic rings.